The van der Waals surface area contributed by atoms with Crippen molar-refractivity contribution in [3.8, 4) is 0 Å². The summed E-state index contributed by atoms with van der Waals surface area (Å²) in [6, 6.07) is 0. The van der Waals surface area contributed by atoms with Gasteiger partial charge < -0.3 is 10.2 Å². The van der Waals surface area contributed by atoms with Crippen molar-refractivity contribution in [2.45, 2.75) is 51.7 Å². The van der Waals surface area contributed by atoms with Gasteiger partial charge in [0, 0.05) is 0 Å². The van der Waals surface area contributed by atoms with Crippen molar-refractivity contribution < 1.29 is 10.2 Å². The third kappa shape index (κ3) is 1.24. The number of rotatable bonds is 0. The molecule has 0 aromatic carbocycles. The second-order valence-corrected chi connectivity index (χ2v) is 4.97. The van der Waals surface area contributed by atoms with E-state index in [1.807, 2.05) is 0 Å². The fourth-order valence-corrected chi connectivity index (χ4v) is 3.41. The summed E-state index contributed by atoms with van der Waals surface area (Å²) in [4.78, 5) is 0. The van der Waals surface area contributed by atoms with E-state index in [9.17, 15) is 10.2 Å². The van der Waals surface area contributed by atoms with Crippen molar-refractivity contribution in [1.29, 1.82) is 0 Å². The van der Waals surface area contributed by atoms with Crippen molar-refractivity contribution in [3.63, 3.8) is 0 Å². The lowest BCUT2D eigenvalue weighted by atomic mass is 9.65. The lowest BCUT2D eigenvalue weighted by Crippen LogP contribution is -2.45. The highest BCUT2D eigenvalue weighted by Crippen LogP contribution is 2.55. The summed E-state index contributed by atoms with van der Waals surface area (Å²) >= 11 is 0. The first-order valence-electron chi connectivity index (χ1n) is 5.61. The summed E-state index contributed by atoms with van der Waals surface area (Å²) in [5, 5.41) is 19.6. The molecule has 2 saturated carbocycles. The molecule has 0 aromatic rings. The Morgan fingerprint density at radius 2 is 2.07 bits per heavy atom. The van der Waals surface area contributed by atoms with Gasteiger partial charge in [-0.25, -0.2) is 0 Å². The van der Waals surface area contributed by atoms with Crippen molar-refractivity contribution in [1.82, 2.24) is 0 Å². The van der Waals surface area contributed by atoms with Gasteiger partial charge >= 0.3 is 0 Å². The quantitative estimate of drug-likeness (QED) is 0.581. The Labute approximate surface area is 85.6 Å². The molecule has 0 heterocycles. The molecule has 2 nitrogen and oxygen atoms in total. The van der Waals surface area contributed by atoms with E-state index in [2.05, 4.69) is 19.9 Å². The van der Waals surface area contributed by atoms with E-state index in [4.69, 9.17) is 0 Å². The number of aliphatic hydroxyl groups is 2. The Morgan fingerprint density at radius 3 is 2.71 bits per heavy atom. The second-order valence-electron chi connectivity index (χ2n) is 4.97. The molecule has 0 aliphatic heterocycles. The minimum atomic E-state index is -0.508. The molecule has 0 aromatic heterocycles. The standard InChI is InChI=1S/C12H20O2/c1-3-8-4-5-9-11(14)10(13)6-7-12(8,9)2/h3,9-11,13-14H,4-7H2,1-2H3/b8-3-/t9-,10-,11+,12+/m0/s1. The maximum atomic E-state index is 9.95. The fraction of sp³-hybridized carbons (Fsp3) is 0.833. The van der Waals surface area contributed by atoms with Crippen LogP contribution in [0.5, 0.6) is 0 Å². The zero-order valence-electron chi connectivity index (χ0n) is 9.03. The molecule has 0 bridgehead atoms. The lowest BCUT2D eigenvalue weighted by Gasteiger charge is -2.42. The van der Waals surface area contributed by atoms with Crippen LogP contribution in [0.15, 0.2) is 11.6 Å². The van der Waals surface area contributed by atoms with E-state index >= 15 is 0 Å². The fourth-order valence-electron chi connectivity index (χ4n) is 3.41. The van der Waals surface area contributed by atoms with E-state index in [1.54, 1.807) is 0 Å². The molecule has 0 saturated heterocycles. The maximum Gasteiger partial charge on any atom is 0.0835 e. The number of fused-ring (bicyclic) bond motifs is 1. The van der Waals surface area contributed by atoms with Gasteiger partial charge in [-0.05, 0) is 43.9 Å². The summed E-state index contributed by atoms with van der Waals surface area (Å²) in [6.07, 6.45) is 5.09. The Morgan fingerprint density at radius 1 is 1.36 bits per heavy atom. The normalized spacial score (nSPS) is 50.9. The third-order valence-corrected chi connectivity index (χ3v) is 4.39. The molecule has 2 fully saturated rings. The third-order valence-electron chi connectivity index (χ3n) is 4.39. The van der Waals surface area contributed by atoms with E-state index in [0.29, 0.717) is 0 Å². The Balaban J connectivity index is 2.28. The van der Waals surface area contributed by atoms with Crippen molar-refractivity contribution in [2.75, 3.05) is 0 Å². The summed E-state index contributed by atoms with van der Waals surface area (Å²) in [5.74, 6) is 0.275. The van der Waals surface area contributed by atoms with Crippen LogP contribution in [-0.2, 0) is 0 Å². The maximum absolute atomic E-state index is 9.95. The number of hydrogen-bond acceptors (Lipinski definition) is 2. The van der Waals surface area contributed by atoms with Crippen LogP contribution < -0.4 is 0 Å². The van der Waals surface area contributed by atoms with Crippen molar-refractivity contribution >= 4 is 0 Å². The topological polar surface area (TPSA) is 40.5 Å². The minimum absolute atomic E-state index is 0.160. The first-order valence-corrected chi connectivity index (χ1v) is 5.61. The van der Waals surface area contributed by atoms with E-state index in [1.165, 1.54) is 5.57 Å². The molecule has 0 amide bonds. The minimum Gasteiger partial charge on any atom is -0.390 e. The van der Waals surface area contributed by atoms with Gasteiger partial charge in [0.15, 0.2) is 0 Å². The Hall–Kier alpha value is -0.340. The van der Waals surface area contributed by atoms with Crippen molar-refractivity contribution in [3.05, 3.63) is 11.6 Å². The van der Waals surface area contributed by atoms with E-state index < -0.39 is 12.2 Å². The average molecular weight is 196 g/mol. The molecular formula is C12H20O2. The zero-order valence-corrected chi connectivity index (χ0v) is 9.03. The summed E-state index contributed by atoms with van der Waals surface area (Å²) in [7, 11) is 0. The Kier molecular flexibility index (Phi) is 2.44. The van der Waals surface area contributed by atoms with Crippen molar-refractivity contribution in [2.24, 2.45) is 11.3 Å². The predicted molar refractivity (Wildman–Crippen MR) is 55.8 cm³/mol. The first kappa shape index (κ1) is 10.2. The van der Waals surface area contributed by atoms with Crippen LogP contribution in [0.25, 0.3) is 0 Å². The van der Waals surface area contributed by atoms with E-state index in [-0.39, 0.29) is 11.3 Å². The highest BCUT2D eigenvalue weighted by Gasteiger charge is 2.50. The van der Waals surface area contributed by atoms with Crippen LogP contribution in [0.2, 0.25) is 0 Å². The molecule has 0 spiro atoms. The molecule has 2 aliphatic rings. The smallest absolute Gasteiger partial charge is 0.0835 e. The van der Waals surface area contributed by atoms with Gasteiger partial charge in [-0.15, -0.1) is 0 Å². The predicted octanol–water partition coefficient (Wildman–Crippen LogP) is 1.86. The second kappa shape index (κ2) is 3.35. The molecule has 0 unspecified atom stereocenters. The van der Waals surface area contributed by atoms with Gasteiger partial charge in [-0.1, -0.05) is 18.6 Å². The average Bonchev–Trinajstić information content (AvgIpc) is 2.50. The van der Waals surface area contributed by atoms with Gasteiger partial charge in [0.25, 0.3) is 0 Å². The largest absolute Gasteiger partial charge is 0.390 e. The molecular weight excluding hydrogens is 176 g/mol. The van der Waals surface area contributed by atoms with Crippen LogP contribution in [-0.4, -0.2) is 22.4 Å². The van der Waals surface area contributed by atoms with Gasteiger partial charge in [0.1, 0.15) is 0 Å². The first-order chi connectivity index (χ1) is 6.59. The van der Waals surface area contributed by atoms with Gasteiger partial charge in [0.2, 0.25) is 0 Å². The number of allylic oxidation sites excluding steroid dienone is 2. The molecule has 2 N–H and O–H groups in total. The van der Waals surface area contributed by atoms with Crippen LogP contribution in [0.1, 0.15) is 39.5 Å². The number of aliphatic hydroxyl groups excluding tert-OH is 2. The molecule has 4 atom stereocenters. The monoisotopic (exact) mass is 196 g/mol. The number of hydrogen-bond donors (Lipinski definition) is 2. The molecule has 0 radical (unpaired) electrons. The summed E-state index contributed by atoms with van der Waals surface area (Å²) < 4.78 is 0. The zero-order chi connectivity index (χ0) is 10.3. The SMILES string of the molecule is C/C=C1/CC[C@H]2[C@@H](O)[C@@H](O)CC[C@]12C. The van der Waals surface area contributed by atoms with Crippen LogP contribution in [0, 0.1) is 11.3 Å². The van der Waals surface area contributed by atoms with Gasteiger partial charge in [-0.3, -0.25) is 0 Å². The van der Waals surface area contributed by atoms with Gasteiger partial charge in [0.05, 0.1) is 12.2 Å². The summed E-state index contributed by atoms with van der Waals surface area (Å²) in [6.45, 7) is 4.33. The van der Waals surface area contributed by atoms with Crippen LogP contribution in [0.4, 0.5) is 0 Å². The molecule has 2 aliphatic carbocycles. The van der Waals surface area contributed by atoms with Crippen LogP contribution in [0.3, 0.4) is 0 Å². The highest BCUT2D eigenvalue weighted by molar-refractivity contribution is 5.22. The molecule has 2 rings (SSSR count). The van der Waals surface area contributed by atoms with E-state index in [0.717, 1.165) is 25.7 Å². The summed E-state index contributed by atoms with van der Waals surface area (Å²) in [5.41, 5.74) is 1.64. The molecule has 2 heteroatoms. The molecule has 14 heavy (non-hydrogen) atoms. The van der Waals surface area contributed by atoms with Crippen LogP contribution >= 0.6 is 0 Å². The highest BCUT2D eigenvalue weighted by atomic mass is 16.3. The van der Waals surface area contributed by atoms with Gasteiger partial charge in [-0.2, -0.15) is 0 Å². The Bertz CT molecular complexity index is 259. The molecule has 80 valence electrons. The lowest BCUT2D eigenvalue weighted by molar-refractivity contribution is -0.0782.